The summed E-state index contributed by atoms with van der Waals surface area (Å²) >= 11 is 0. The summed E-state index contributed by atoms with van der Waals surface area (Å²) in [6.45, 7) is 5.23. The molecule has 1 aliphatic heterocycles. The van der Waals surface area contributed by atoms with E-state index in [1.807, 2.05) is 97.9 Å². The van der Waals surface area contributed by atoms with E-state index in [1.165, 1.54) is 0 Å². The van der Waals surface area contributed by atoms with E-state index < -0.39 is 0 Å². The average molecular weight is 579 g/mol. The van der Waals surface area contributed by atoms with Crippen LogP contribution in [-0.4, -0.2) is 51.7 Å². The van der Waals surface area contributed by atoms with Gasteiger partial charge in [0.1, 0.15) is 12.4 Å². The fraction of sp³-hybridized carbons (Fsp3) is 0.257. The molecule has 4 aromatic carbocycles. The molecule has 2 N–H and O–H groups in total. The molecule has 0 saturated carbocycles. The van der Waals surface area contributed by atoms with Crippen LogP contribution in [0.2, 0.25) is 0 Å². The monoisotopic (exact) mass is 578 g/mol. The van der Waals surface area contributed by atoms with Crippen LogP contribution >= 0.6 is 0 Å². The molecular formula is C35H38N4O4. The number of piperazine rings is 1. The molecule has 2 amide bonds. The molecule has 4 aromatic rings. The number of methoxy groups -OCH3 is 1. The lowest BCUT2D eigenvalue weighted by Crippen LogP contribution is -2.47. The first-order valence-electron chi connectivity index (χ1n) is 14.6. The summed E-state index contributed by atoms with van der Waals surface area (Å²) < 4.78 is 11.2. The van der Waals surface area contributed by atoms with Crippen molar-refractivity contribution in [2.75, 3.05) is 55.0 Å². The number of ether oxygens (including phenoxy) is 2. The van der Waals surface area contributed by atoms with Crippen molar-refractivity contribution in [1.82, 2.24) is 5.32 Å². The highest BCUT2D eigenvalue weighted by Gasteiger charge is 2.24. The van der Waals surface area contributed by atoms with Crippen LogP contribution in [0.3, 0.4) is 0 Å². The number of amides is 2. The zero-order chi connectivity index (χ0) is 30.0. The highest BCUT2D eigenvalue weighted by atomic mass is 16.5. The first kappa shape index (κ1) is 29.7. The van der Waals surface area contributed by atoms with E-state index in [4.69, 9.17) is 9.47 Å². The highest BCUT2D eigenvalue weighted by Crippen LogP contribution is 2.31. The quantitative estimate of drug-likeness (QED) is 0.239. The van der Waals surface area contributed by atoms with Crippen LogP contribution in [0.25, 0.3) is 0 Å². The fourth-order valence-electron chi connectivity index (χ4n) is 5.28. The van der Waals surface area contributed by atoms with Gasteiger partial charge in [0.05, 0.1) is 31.0 Å². The van der Waals surface area contributed by atoms with Crippen molar-refractivity contribution in [3.8, 4) is 5.75 Å². The molecule has 1 unspecified atom stereocenters. The van der Waals surface area contributed by atoms with Crippen LogP contribution in [0, 0.1) is 0 Å². The number of nitrogens with zero attached hydrogens (tertiary/aromatic N) is 2. The Morgan fingerprint density at radius 2 is 1.42 bits per heavy atom. The van der Waals surface area contributed by atoms with Crippen LogP contribution in [0.1, 0.15) is 34.5 Å². The number of hydrogen-bond donors (Lipinski definition) is 2. The van der Waals surface area contributed by atoms with Gasteiger partial charge in [-0.3, -0.25) is 9.59 Å². The van der Waals surface area contributed by atoms with E-state index in [0.717, 1.165) is 54.4 Å². The van der Waals surface area contributed by atoms with Crippen LogP contribution in [0.4, 0.5) is 17.1 Å². The molecule has 0 radical (unpaired) electrons. The maximum Gasteiger partial charge on any atom is 0.253 e. The Morgan fingerprint density at radius 1 is 0.791 bits per heavy atom. The van der Waals surface area contributed by atoms with Gasteiger partial charge in [0.2, 0.25) is 5.91 Å². The van der Waals surface area contributed by atoms with Crippen molar-refractivity contribution < 1.29 is 19.1 Å². The normalized spacial score (nSPS) is 13.7. The second kappa shape index (κ2) is 14.4. The smallest absolute Gasteiger partial charge is 0.253 e. The molecule has 1 fully saturated rings. The Morgan fingerprint density at radius 3 is 2.12 bits per heavy atom. The van der Waals surface area contributed by atoms with Gasteiger partial charge in [0, 0.05) is 37.6 Å². The predicted octanol–water partition coefficient (Wildman–Crippen LogP) is 5.67. The van der Waals surface area contributed by atoms with Crippen molar-refractivity contribution in [3.05, 3.63) is 120 Å². The Bertz CT molecular complexity index is 1510. The molecule has 0 bridgehead atoms. The zero-order valence-corrected chi connectivity index (χ0v) is 24.7. The van der Waals surface area contributed by atoms with Gasteiger partial charge in [0.25, 0.3) is 5.91 Å². The van der Waals surface area contributed by atoms with Gasteiger partial charge >= 0.3 is 0 Å². The van der Waals surface area contributed by atoms with Crippen LogP contribution in [0.5, 0.6) is 5.75 Å². The summed E-state index contributed by atoms with van der Waals surface area (Å²) in [5.74, 6) is 0.367. The number of hydrogen-bond acceptors (Lipinski definition) is 6. The second-order valence-corrected chi connectivity index (χ2v) is 10.5. The minimum Gasteiger partial charge on any atom is -0.495 e. The number of carbonyl (C=O) groups is 2. The van der Waals surface area contributed by atoms with Gasteiger partial charge in [-0.1, -0.05) is 72.8 Å². The second-order valence-electron chi connectivity index (χ2n) is 10.5. The summed E-state index contributed by atoms with van der Waals surface area (Å²) in [5, 5.41) is 6.04. The number of rotatable bonds is 11. The molecule has 8 heteroatoms. The lowest BCUT2D eigenvalue weighted by atomic mass is 10.1. The Labute approximate surface area is 253 Å². The van der Waals surface area contributed by atoms with Gasteiger partial charge in [0.15, 0.2) is 0 Å². The summed E-state index contributed by atoms with van der Waals surface area (Å²) in [7, 11) is 1.69. The zero-order valence-electron chi connectivity index (χ0n) is 24.7. The molecule has 5 rings (SSSR count). The van der Waals surface area contributed by atoms with E-state index >= 15 is 0 Å². The van der Waals surface area contributed by atoms with E-state index in [9.17, 15) is 9.59 Å². The molecule has 0 spiro atoms. The van der Waals surface area contributed by atoms with Gasteiger partial charge in [-0.25, -0.2) is 0 Å². The van der Waals surface area contributed by atoms with E-state index in [0.29, 0.717) is 17.9 Å². The summed E-state index contributed by atoms with van der Waals surface area (Å²) in [6.07, 6.45) is 0. The molecule has 222 valence electrons. The SMILES string of the molecule is COc1ccccc1N1CCN(c2ccc(NC(=O)COCc3ccccc3)cc2C(=O)NC(C)c2ccccc2)CC1. The maximum atomic E-state index is 13.7. The summed E-state index contributed by atoms with van der Waals surface area (Å²) in [6, 6.07) is 32.9. The van der Waals surface area contributed by atoms with Gasteiger partial charge < -0.3 is 29.9 Å². The van der Waals surface area contributed by atoms with Crippen molar-refractivity contribution >= 4 is 28.9 Å². The number of anilines is 3. The standard InChI is InChI=1S/C35H38N4O4/c1-26(28-13-7-4-8-14-28)36-35(41)30-23-29(37-34(40)25-43-24-27-11-5-3-6-12-27)17-18-31(30)38-19-21-39(22-20-38)32-15-9-10-16-33(32)42-2/h3-18,23,26H,19-22,24-25H2,1-2H3,(H,36,41)(H,37,40). The number of carbonyl (C=O) groups excluding carboxylic acids is 2. The maximum absolute atomic E-state index is 13.7. The minimum absolute atomic E-state index is 0.0892. The molecule has 1 heterocycles. The number of para-hydroxylation sites is 2. The molecule has 1 saturated heterocycles. The van der Waals surface area contributed by atoms with Crippen LogP contribution in [-0.2, 0) is 16.1 Å². The van der Waals surface area contributed by atoms with E-state index in [2.05, 4.69) is 26.5 Å². The first-order chi connectivity index (χ1) is 21.0. The molecule has 1 aliphatic rings. The third-order valence-corrected chi connectivity index (χ3v) is 7.56. The molecule has 0 aromatic heterocycles. The largest absolute Gasteiger partial charge is 0.495 e. The fourth-order valence-corrected chi connectivity index (χ4v) is 5.28. The molecule has 43 heavy (non-hydrogen) atoms. The highest BCUT2D eigenvalue weighted by molar-refractivity contribution is 6.02. The molecular weight excluding hydrogens is 540 g/mol. The predicted molar refractivity (Wildman–Crippen MR) is 171 cm³/mol. The lowest BCUT2D eigenvalue weighted by molar-refractivity contribution is -0.121. The minimum atomic E-state index is -0.280. The van der Waals surface area contributed by atoms with Crippen LogP contribution in [0.15, 0.2) is 103 Å². The van der Waals surface area contributed by atoms with Gasteiger partial charge in [-0.15, -0.1) is 0 Å². The Balaban J connectivity index is 1.30. The molecule has 0 aliphatic carbocycles. The number of nitrogens with one attached hydrogen (secondary N) is 2. The van der Waals surface area contributed by atoms with Gasteiger partial charge in [-0.2, -0.15) is 0 Å². The molecule has 1 atom stereocenters. The Kier molecular flexibility index (Phi) is 9.92. The Hall–Kier alpha value is -4.82. The topological polar surface area (TPSA) is 83.1 Å². The van der Waals surface area contributed by atoms with Gasteiger partial charge in [-0.05, 0) is 48.4 Å². The van der Waals surface area contributed by atoms with Crippen molar-refractivity contribution in [2.45, 2.75) is 19.6 Å². The third kappa shape index (κ3) is 7.72. The number of benzene rings is 4. The molecule has 8 nitrogen and oxygen atoms in total. The van der Waals surface area contributed by atoms with E-state index in [-0.39, 0.29) is 24.5 Å². The summed E-state index contributed by atoms with van der Waals surface area (Å²) in [5.41, 5.74) is 4.96. The first-order valence-corrected chi connectivity index (χ1v) is 14.6. The van der Waals surface area contributed by atoms with Crippen molar-refractivity contribution in [3.63, 3.8) is 0 Å². The third-order valence-electron chi connectivity index (χ3n) is 7.56. The van der Waals surface area contributed by atoms with Crippen molar-refractivity contribution in [1.29, 1.82) is 0 Å². The summed E-state index contributed by atoms with van der Waals surface area (Å²) in [4.78, 5) is 30.9. The van der Waals surface area contributed by atoms with E-state index in [1.54, 1.807) is 13.2 Å². The lowest BCUT2D eigenvalue weighted by Gasteiger charge is -2.38. The van der Waals surface area contributed by atoms with Crippen LogP contribution < -0.4 is 25.2 Å². The average Bonchev–Trinajstić information content (AvgIpc) is 3.05. The van der Waals surface area contributed by atoms with Crippen molar-refractivity contribution in [2.24, 2.45) is 0 Å².